The smallest absolute Gasteiger partial charge is 0.321 e. The molecule has 0 saturated carbocycles. The number of carbonyl (C=O) groups excluding carboxylic acids is 3. The number of nitrogens with one attached hydrogen (secondary N) is 2. The van der Waals surface area contributed by atoms with Crippen LogP contribution in [0.15, 0.2) is 33.9 Å². The highest BCUT2D eigenvalue weighted by Crippen LogP contribution is 2.24. The summed E-state index contributed by atoms with van der Waals surface area (Å²) < 4.78 is 5.43. The molecule has 1 aromatic carbocycles. The van der Waals surface area contributed by atoms with E-state index in [1.807, 2.05) is 0 Å². The summed E-state index contributed by atoms with van der Waals surface area (Å²) in [4.78, 5) is 35.2. The molecular formula is C15H13ClN4O4S. The van der Waals surface area contributed by atoms with E-state index in [2.05, 4.69) is 20.8 Å². The third-order valence-electron chi connectivity index (χ3n) is 3.64. The van der Waals surface area contributed by atoms with Gasteiger partial charge in [-0.1, -0.05) is 11.6 Å². The van der Waals surface area contributed by atoms with Crippen LogP contribution >= 0.6 is 23.4 Å². The number of thioether (sulfide) groups is 1. The molecule has 0 radical (unpaired) electrons. The van der Waals surface area contributed by atoms with Crippen LogP contribution in [0.1, 0.15) is 23.2 Å². The van der Waals surface area contributed by atoms with Crippen LogP contribution in [0.2, 0.25) is 5.02 Å². The summed E-state index contributed by atoms with van der Waals surface area (Å²) >= 11 is 6.58. The van der Waals surface area contributed by atoms with Gasteiger partial charge in [-0.05, 0) is 31.2 Å². The second-order valence-electron chi connectivity index (χ2n) is 5.42. The molecule has 3 rings (SSSR count). The lowest BCUT2D eigenvalue weighted by Gasteiger charge is -2.27. The summed E-state index contributed by atoms with van der Waals surface area (Å²) in [7, 11) is 0. The Balaban J connectivity index is 1.64. The number of aromatic nitrogens is 2. The number of imide groups is 1. The van der Waals surface area contributed by atoms with Gasteiger partial charge in [-0.3, -0.25) is 14.9 Å². The molecule has 130 valence electrons. The third kappa shape index (κ3) is 4.18. The van der Waals surface area contributed by atoms with Crippen LogP contribution in [0.4, 0.5) is 4.79 Å². The van der Waals surface area contributed by atoms with Crippen molar-refractivity contribution in [1.29, 1.82) is 0 Å². The molecule has 0 aliphatic carbocycles. The van der Waals surface area contributed by atoms with Crippen LogP contribution in [0.25, 0.3) is 0 Å². The fraction of sp³-hybridized carbons (Fsp3) is 0.267. The first-order chi connectivity index (χ1) is 11.9. The monoisotopic (exact) mass is 380 g/mol. The molecular weight excluding hydrogens is 368 g/mol. The molecule has 2 aromatic rings. The van der Waals surface area contributed by atoms with Crippen molar-refractivity contribution >= 4 is 40.4 Å². The van der Waals surface area contributed by atoms with E-state index >= 15 is 0 Å². The number of urea groups is 1. The second-order valence-corrected chi connectivity index (χ2v) is 6.78. The van der Waals surface area contributed by atoms with Gasteiger partial charge in [0.05, 0.1) is 5.92 Å². The van der Waals surface area contributed by atoms with E-state index < -0.39 is 17.9 Å². The van der Waals surface area contributed by atoms with Crippen molar-refractivity contribution in [2.45, 2.75) is 24.6 Å². The van der Waals surface area contributed by atoms with Gasteiger partial charge in [0.1, 0.15) is 0 Å². The summed E-state index contributed by atoms with van der Waals surface area (Å²) in [6, 6.07) is 5.55. The van der Waals surface area contributed by atoms with Crippen LogP contribution in [-0.2, 0) is 11.2 Å². The highest BCUT2D eigenvalue weighted by atomic mass is 35.5. The molecule has 8 nitrogen and oxygen atoms in total. The van der Waals surface area contributed by atoms with Crippen molar-refractivity contribution in [3.8, 4) is 0 Å². The average molecular weight is 381 g/mol. The minimum atomic E-state index is -0.525. The average Bonchev–Trinajstić information content (AvgIpc) is 2.98. The Hall–Kier alpha value is -2.39. The van der Waals surface area contributed by atoms with Gasteiger partial charge in [0.15, 0.2) is 0 Å². The minimum Gasteiger partial charge on any atom is -0.416 e. The zero-order chi connectivity index (χ0) is 18.0. The molecule has 2 heterocycles. The number of hydrogen-bond donors (Lipinski definition) is 2. The highest BCUT2D eigenvalue weighted by molar-refractivity contribution is 8.14. The maximum Gasteiger partial charge on any atom is 0.321 e. The fourth-order valence-electron chi connectivity index (χ4n) is 2.32. The van der Waals surface area contributed by atoms with Crippen molar-refractivity contribution in [3.63, 3.8) is 0 Å². The summed E-state index contributed by atoms with van der Waals surface area (Å²) in [6.45, 7) is 1.72. The Morgan fingerprint density at radius 3 is 2.68 bits per heavy atom. The number of amides is 3. The van der Waals surface area contributed by atoms with Crippen molar-refractivity contribution in [2.75, 3.05) is 0 Å². The topological polar surface area (TPSA) is 114 Å². The van der Waals surface area contributed by atoms with Gasteiger partial charge in [-0.15, -0.1) is 10.2 Å². The molecule has 2 atom stereocenters. The van der Waals surface area contributed by atoms with Crippen LogP contribution < -0.4 is 10.6 Å². The predicted molar refractivity (Wildman–Crippen MR) is 89.3 cm³/mol. The molecule has 0 bridgehead atoms. The quantitative estimate of drug-likeness (QED) is 0.780. The number of rotatable bonds is 4. The van der Waals surface area contributed by atoms with E-state index in [4.69, 9.17) is 16.0 Å². The number of nitrogens with zero attached hydrogens (tertiary/aromatic N) is 2. The van der Waals surface area contributed by atoms with E-state index in [1.54, 1.807) is 31.2 Å². The van der Waals surface area contributed by atoms with Gasteiger partial charge in [-0.25, -0.2) is 4.79 Å². The molecule has 1 fully saturated rings. The Morgan fingerprint density at radius 2 is 2.00 bits per heavy atom. The number of benzene rings is 1. The Kier molecular flexibility index (Phi) is 5.05. The lowest BCUT2D eigenvalue weighted by molar-refractivity contribution is -0.125. The first kappa shape index (κ1) is 17.4. The minimum absolute atomic E-state index is 0.0860. The molecule has 3 amide bonds. The third-order valence-corrected chi connectivity index (χ3v) is 4.65. The summed E-state index contributed by atoms with van der Waals surface area (Å²) in [5.74, 6) is -0.710. The van der Waals surface area contributed by atoms with Gasteiger partial charge in [-0.2, -0.15) is 0 Å². The fourth-order valence-corrected chi connectivity index (χ4v) is 3.08. The maximum absolute atomic E-state index is 12.1. The van der Waals surface area contributed by atoms with Crippen molar-refractivity contribution in [2.24, 2.45) is 5.92 Å². The van der Waals surface area contributed by atoms with E-state index in [0.717, 1.165) is 11.8 Å². The standard InChI is InChI=1S/C15H13ClN4O4S/c1-7-10(12(21)18-14(23)17-7)6-11-19-20-15(24-11)25-13(22)8-2-4-9(16)5-3-8/h2-5,7,10H,6H2,1H3,(H2,17,18,21,23). The van der Waals surface area contributed by atoms with Crippen molar-refractivity contribution in [1.82, 2.24) is 20.8 Å². The molecule has 1 aromatic heterocycles. The zero-order valence-corrected chi connectivity index (χ0v) is 14.6. The number of carbonyl (C=O) groups is 3. The molecule has 2 N–H and O–H groups in total. The molecule has 1 saturated heterocycles. The largest absolute Gasteiger partial charge is 0.416 e. The normalized spacial score (nSPS) is 20.1. The van der Waals surface area contributed by atoms with Gasteiger partial charge in [0.2, 0.25) is 16.9 Å². The van der Waals surface area contributed by atoms with E-state index in [0.29, 0.717) is 10.6 Å². The zero-order valence-electron chi connectivity index (χ0n) is 13.0. The summed E-state index contributed by atoms with van der Waals surface area (Å²) in [6.07, 6.45) is 0.163. The molecule has 1 aliphatic heterocycles. The van der Waals surface area contributed by atoms with Crippen LogP contribution in [0, 0.1) is 5.92 Å². The maximum atomic E-state index is 12.1. The summed E-state index contributed by atoms with van der Waals surface area (Å²) in [5, 5.41) is 12.8. The number of hydrogen-bond acceptors (Lipinski definition) is 7. The van der Waals surface area contributed by atoms with Gasteiger partial charge < -0.3 is 9.73 Å². The molecule has 10 heteroatoms. The Morgan fingerprint density at radius 1 is 1.28 bits per heavy atom. The van der Waals surface area contributed by atoms with Gasteiger partial charge >= 0.3 is 6.03 Å². The predicted octanol–water partition coefficient (Wildman–Crippen LogP) is 2.04. The SMILES string of the molecule is CC1NC(=O)NC(=O)C1Cc1nnc(SC(=O)c2ccc(Cl)cc2)o1. The number of halogens is 1. The lowest BCUT2D eigenvalue weighted by Crippen LogP contribution is -2.57. The van der Waals surface area contributed by atoms with Crippen LogP contribution in [-0.4, -0.2) is 33.3 Å². The first-order valence-corrected chi connectivity index (χ1v) is 8.53. The van der Waals surface area contributed by atoms with E-state index in [9.17, 15) is 14.4 Å². The van der Waals surface area contributed by atoms with Crippen LogP contribution in [0.5, 0.6) is 0 Å². The van der Waals surface area contributed by atoms with Gasteiger partial charge in [0.25, 0.3) is 5.22 Å². The van der Waals surface area contributed by atoms with Crippen LogP contribution in [0.3, 0.4) is 0 Å². The van der Waals surface area contributed by atoms with Gasteiger partial charge in [0, 0.05) is 34.8 Å². The van der Waals surface area contributed by atoms with Crippen molar-refractivity contribution in [3.05, 3.63) is 40.7 Å². The van der Waals surface area contributed by atoms with E-state index in [1.165, 1.54) is 0 Å². The highest BCUT2D eigenvalue weighted by Gasteiger charge is 2.34. The molecule has 2 unspecified atom stereocenters. The Labute approximate surface area is 151 Å². The second kappa shape index (κ2) is 7.24. The van der Waals surface area contributed by atoms with E-state index in [-0.39, 0.29) is 28.7 Å². The summed E-state index contributed by atoms with van der Waals surface area (Å²) in [5.41, 5.74) is 0.456. The molecule has 0 spiro atoms. The van der Waals surface area contributed by atoms with Crippen molar-refractivity contribution < 1.29 is 18.8 Å². The molecule has 25 heavy (non-hydrogen) atoms. The molecule has 1 aliphatic rings. The Bertz CT molecular complexity index is 823. The lowest BCUT2D eigenvalue weighted by atomic mass is 9.95. The first-order valence-electron chi connectivity index (χ1n) is 7.34.